The summed E-state index contributed by atoms with van der Waals surface area (Å²) in [5.74, 6) is -2.21. The lowest BCUT2D eigenvalue weighted by Gasteiger charge is -2.30. The molecule has 17 heteroatoms. The summed E-state index contributed by atoms with van der Waals surface area (Å²) < 4.78 is 44.2. The predicted molar refractivity (Wildman–Crippen MR) is 206 cm³/mol. The van der Waals surface area contributed by atoms with Gasteiger partial charge in [0.25, 0.3) is 11.8 Å². The number of rotatable bonds is 17. The van der Waals surface area contributed by atoms with Crippen molar-refractivity contribution in [3.8, 4) is 11.6 Å². The van der Waals surface area contributed by atoms with Gasteiger partial charge in [-0.1, -0.05) is 36.6 Å². The molecule has 55 heavy (non-hydrogen) atoms. The van der Waals surface area contributed by atoms with Gasteiger partial charge in [0.1, 0.15) is 35.1 Å². The molecule has 2 saturated carbocycles. The highest BCUT2D eigenvalue weighted by Crippen LogP contribution is 2.47. The van der Waals surface area contributed by atoms with Gasteiger partial charge in [0, 0.05) is 18.4 Å². The van der Waals surface area contributed by atoms with Crippen LogP contribution in [0.2, 0.25) is 5.15 Å². The lowest BCUT2D eigenvalue weighted by Crippen LogP contribution is -2.58. The number of carbonyl (C=O) groups is 4. The number of aromatic nitrogens is 2. The van der Waals surface area contributed by atoms with Crippen molar-refractivity contribution in [2.24, 2.45) is 5.92 Å². The fourth-order valence-electron chi connectivity index (χ4n) is 6.57. The molecule has 5 atom stereocenters. The van der Waals surface area contributed by atoms with Crippen molar-refractivity contribution >= 4 is 56.5 Å². The van der Waals surface area contributed by atoms with Gasteiger partial charge in [-0.2, -0.15) is 0 Å². The van der Waals surface area contributed by atoms with Gasteiger partial charge >= 0.3 is 6.09 Å². The minimum atomic E-state index is -4.02. The van der Waals surface area contributed by atoms with Gasteiger partial charge in [-0.05, 0) is 78.4 Å². The summed E-state index contributed by atoms with van der Waals surface area (Å²) in [5.41, 5.74) is -1.52. The molecule has 0 radical (unpaired) electrons. The molecule has 2 aromatic rings. The molecule has 3 N–H and O–H groups in total. The van der Waals surface area contributed by atoms with E-state index in [4.69, 9.17) is 25.8 Å². The number of nitrogens with one attached hydrogen (secondary N) is 3. The third kappa shape index (κ3) is 9.69. The van der Waals surface area contributed by atoms with Gasteiger partial charge in [0.05, 0.1) is 29.4 Å². The third-order valence-electron chi connectivity index (χ3n) is 10.2. The molecule has 15 nitrogen and oxygen atoms in total. The normalized spacial score (nSPS) is 23.2. The number of ether oxygens (including phenoxy) is 3. The number of halogens is 1. The first-order chi connectivity index (χ1) is 25.8. The Labute approximate surface area is 327 Å². The quantitative estimate of drug-likeness (QED) is 0.148. The van der Waals surface area contributed by atoms with E-state index in [2.05, 4.69) is 38.5 Å². The topological polar surface area (TPSA) is 195 Å². The molecule has 0 bridgehead atoms. The predicted octanol–water partition coefficient (Wildman–Crippen LogP) is 4.73. The standard InChI is InChI=1S/C38H51ClN6O9S/c1-8-10-11-12-13-14-27(42-35(49)54-36(3,4)5)33(47)45-22-25(53-32-30(39)40-26-16-15-24(52-7)19-28(26)41-32)20-29(45)31(46)43-38(21-23(38)9-2)34(48)44-55(50,51)37(6)17-18-37/h8-9,15-16,19,23,25,27,29H,1-2,10-14,17-18,20-22H2,3-7H3,(H,42,49)(H,43,46)(H,44,48)/t23-,25-,27+,29+,38-/m1/s1. The fraction of sp³-hybridized carbons (Fsp3) is 0.579. The van der Waals surface area contributed by atoms with Crippen LogP contribution in [0.3, 0.4) is 0 Å². The maximum absolute atomic E-state index is 14.5. The van der Waals surface area contributed by atoms with Crippen molar-refractivity contribution in [1.82, 2.24) is 30.2 Å². The zero-order chi connectivity index (χ0) is 40.3. The second-order valence-corrected chi connectivity index (χ2v) is 18.2. The first kappa shape index (κ1) is 41.7. The van der Waals surface area contributed by atoms with Gasteiger partial charge < -0.3 is 29.7 Å². The van der Waals surface area contributed by atoms with Crippen LogP contribution in [0.25, 0.3) is 11.0 Å². The van der Waals surface area contributed by atoms with Crippen LogP contribution in [0, 0.1) is 5.92 Å². The minimum Gasteiger partial charge on any atom is -0.497 e. The van der Waals surface area contributed by atoms with Crippen LogP contribution >= 0.6 is 11.6 Å². The molecule has 1 aliphatic heterocycles. The highest BCUT2D eigenvalue weighted by Gasteiger charge is 2.63. The van der Waals surface area contributed by atoms with Gasteiger partial charge in [-0.25, -0.2) is 23.2 Å². The number of methoxy groups -OCH3 is 1. The number of amides is 4. The summed E-state index contributed by atoms with van der Waals surface area (Å²) in [6.45, 7) is 14.1. The molecule has 5 rings (SSSR count). The van der Waals surface area contributed by atoms with Crippen LogP contribution in [-0.4, -0.2) is 94.8 Å². The highest BCUT2D eigenvalue weighted by molar-refractivity contribution is 7.91. The highest BCUT2D eigenvalue weighted by atomic mass is 35.5. The largest absolute Gasteiger partial charge is 0.497 e. The van der Waals surface area contributed by atoms with E-state index in [0.717, 1.165) is 19.3 Å². The molecule has 1 aromatic carbocycles. The Morgan fingerprint density at radius 3 is 2.45 bits per heavy atom. The number of benzene rings is 1. The number of sulfonamides is 1. The first-order valence-electron chi connectivity index (χ1n) is 18.5. The Hall–Kier alpha value is -4.44. The SMILES string of the molecule is C=CCCCCC[C@H](NC(=O)OC(C)(C)C)C(=O)N1C[C@H](Oc2nc3cc(OC)ccc3nc2Cl)C[C@H]1C(=O)N[C@]1(C(=O)NS(=O)(=O)C2(C)CC2)C[C@H]1C=C. The average molecular weight is 803 g/mol. The molecule has 1 aromatic heterocycles. The van der Waals surface area contributed by atoms with E-state index in [1.165, 1.54) is 18.1 Å². The Morgan fingerprint density at radius 1 is 1.11 bits per heavy atom. The summed E-state index contributed by atoms with van der Waals surface area (Å²) in [6, 6.07) is 2.78. The molecular formula is C38H51ClN6O9S. The van der Waals surface area contributed by atoms with Gasteiger partial charge in [-0.3, -0.25) is 19.1 Å². The molecule has 3 aliphatic rings. The maximum atomic E-state index is 14.5. The zero-order valence-corrected chi connectivity index (χ0v) is 33.6. The Kier molecular flexibility index (Phi) is 12.4. The van der Waals surface area contributed by atoms with E-state index < -0.39 is 73.8 Å². The Balaban J connectivity index is 1.43. The molecule has 2 heterocycles. The van der Waals surface area contributed by atoms with Crippen LogP contribution in [0.15, 0.2) is 43.5 Å². The maximum Gasteiger partial charge on any atom is 0.408 e. The van der Waals surface area contributed by atoms with Crippen molar-refractivity contribution in [2.45, 2.75) is 120 Å². The van der Waals surface area contributed by atoms with E-state index in [0.29, 0.717) is 36.0 Å². The number of unbranched alkanes of at least 4 members (excludes halogenated alkanes) is 3. The summed E-state index contributed by atoms with van der Waals surface area (Å²) in [4.78, 5) is 65.6. The summed E-state index contributed by atoms with van der Waals surface area (Å²) >= 11 is 6.50. The number of carbonyl (C=O) groups excluding carboxylic acids is 4. The average Bonchev–Trinajstić information content (AvgIpc) is 4.00. The number of hydrogen-bond acceptors (Lipinski definition) is 11. The van der Waals surface area contributed by atoms with E-state index in [1.54, 1.807) is 45.9 Å². The van der Waals surface area contributed by atoms with Crippen LogP contribution in [0.4, 0.5) is 4.79 Å². The Morgan fingerprint density at radius 2 is 1.84 bits per heavy atom. The van der Waals surface area contributed by atoms with E-state index in [1.807, 2.05) is 6.08 Å². The number of nitrogens with zero attached hydrogens (tertiary/aromatic N) is 3. The van der Waals surface area contributed by atoms with Crippen LogP contribution in [0.1, 0.15) is 85.5 Å². The lowest BCUT2D eigenvalue weighted by molar-refractivity contribution is -0.141. The Bertz CT molecular complexity index is 1950. The second-order valence-electron chi connectivity index (χ2n) is 15.7. The zero-order valence-electron chi connectivity index (χ0n) is 32.0. The number of hydrogen-bond donors (Lipinski definition) is 3. The van der Waals surface area contributed by atoms with Gasteiger partial charge in [0.2, 0.25) is 21.8 Å². The molecule has 1 saturated heterocycles. The van der Waals surface area contributed by atoms with Crippen molar-refractivity contribution < 1.29 is 41.8 Å². The third-order valence-corrected chi connectivity index (χ3v) is 12.6. The first-order valence-corrected chi connectivity index (χ1v) is 20.3. The van der Waals surface area contributed by atoms with Crippen molar-refractivity contribution in [3.63, 3.8) is 0 Å². The monoisotopic (exact) mass is 802 g/mol. The number of alkyl carbamates (subject to hydrolysis) is 1. The lowest BCUT2D eigenvalue weighted by atomic mass is 10.0. The fourth-order valence-corrected chi connectivity index (χ4v) is 8.06. The van der Waals surface area contributed by atoms with Crippen molar-refractivity contribution in [3.05, 3.63) is 48.7 Å². The molecule has 2 aliphatic carbocycles. The molecule has 300 valence electrons. The van der Waals surface area contributed by atoms with Crippen molar-refractivity contribution in [1.29, 1.82) is 0 Å². The molecule has 3 fully saturated rings. The molecular weight excluding hydrogens is 752 g/mol. The van der Waals surface area contributed by atoms with Crippen LogP contribution in [0.5, 0.6) is 11.6 Å². The van der Waals surface area contributed by atoms with E-state index in [-0.39, 0.29) is 36.8 Å². The minimum absolute atomic E-state index is 0.0323. The van der Waals surface area contributed by atoms with Crippen LogP contribution in [-0.2, 0) is 29.1 Å². The van der Waals surface area contributed by atoms with Crippen LogP contribution < -0.4 is 24.8 Å². The van der Waals surface area contributed by atoms with Gasteiger partial charge in [0.15, 0.2) is 5.15 Å². The summed E-state index contributed by atoms with van der Waals surface area (Å²) in [7, 11) is -2.50. The number of fused-ring (bicyclic) bond motifs is 1. The molecule has 0 unspecified atom stereocenters. The molecule has 4 amide bonds. The number of likely N-dealkylation sites (tertiary alicyclic amines) is 1. The summed E-state index contributed by atoms with van der Waals surface area (Å²) in [5, 5.41) is 5.43. The van der Waals surface area contributed by atoms with E-state index in [9.17, 15) is 27.6 Å². The van der Waals surface area contributed by atoms with E-state index >= 15 is 0 Å². The molecule has 0 spiro atoms. The smallest absolute Gasteiger partial charge is 0.408 e. The van der Waals surface area contributed by atoms with Gasteiger partial charge in [-0.15, -0.1) is 13.2 Å². The van der Waals surface area contributed by atoms with Crippen molar-refractivity contribution in [2.75, 3.05) is 13.7 Å². The number of allylic oxidation sites excluding steroid dienone is 1. The second kappa shape index (κ2) is 16.3. The summed E-state index contributed by atoms with van der Waals surface area (Å²) in [6.07, 6.45) is 5.74.